The Morgan fingerprint density at radius 2 is 2.29 bits per heavy atom. The van der Waals surface area contributed by atoms with Gasteiger partial charge in [-0.05, 0) is 31.4 Å². The van der Waals surface area contributed by atoms with Crippen LogP contribution in [0.3, 0.4) is 0 Å². The van der Waals surface area contributed by atoms with Crippen LogP contribution in [0.5, 0.6) is 0 Å². The highest BCUT2D eigenvalue weighted by atomic mass is 16.3. The first-order chi connectivity index (χ1) is 6.74. The number of pyridine rings is 1. The molecule has 2 heteroatoms. The van der Waals surface area contributed by atoms with Crippen molar-refractivity contribution in [3.05, 3.63) is 29.6 Å². The molecule has 1 aromatic rings. The summed E-state index contributed by atoms with van der Waals surface area (Å²) in [6, 6.07) is 1.96. The topological polar surface area (TPSA) is 33.1 Å². The van der Waals surface area contributed by atoms with Gasteiger partial charge in [-0.2, -0.15) is 0 Å². The molecule has 1 unspecified atom stereocenters. The highest BCUT2D eigenvalue weighted by molar-refractivity contribution is 5.19. The summed E-state index contributed by atoms with van der Waals surface area (Å²) in [6.45, 7) is 3.77. The Labute approximate surface area is 85.0 Å². The van der Waals surface area contributed by atoms with Crippen molar-refractivity contribution in [1.29, 1.82) is 0 Å². The Kier molecular flexibility index (Phi) is 4.15. The predicted octanol–water partition coefficient (Wildman–Crippen LogP) is 2.23. The summed E-state index contributed by atoms with van der Waals surface area (Å²) >= 11 is 0. The van der Waals surface area contributed by atoms with Gasteiger partial charge in [0.2, 0.25) is 0 Å². The van der Waals surface area contributed by atoms with Crippen LogP contribution in [0.2, 0.25) is 0 Å². The minimum absolute atomic E-state index is 0.441. The molecular weight excluding hydrogens is 174 g/mol. The molecule has 0 saturated carbocycles. The van der Waals surface area contributed by atoms with E-state index in [1.165, 1.54) is 0 Å². The molecule has 0 aliphatic heterocycles. The van der Waals surface area contributed by atoms with Crippen molar-refractivity contribution in [2.75, 3.05) is 0 Å². The molecule has 0 aromatic carbocycles. The Morgan fingerprint density at radius 3 is 2.93 bits per heavy atom. The van der Waals surface area contributed by atoms with Gasteiger partial charge in [0.05, 0.1) is 6.10 Å². The van der Waals surface area contributed by atoms with Gasteiger partial charge in [0, 0.05) is 18.8 Å². The van der Waals surface area contributed by atoms with Crippen molar-refractivity contribution in [1.82, 2.24) is 4.98 Å². The van der Waals surface area contributed by atoms with Gasteiger partial charge in [0.25, 0.3) is 0 Å². The number of rotatable bonds is 3. The maximum Gasteiger partial charge on any atom is 0.0814 e. The van der Waals surface area contributed by atoms with Crippen molar-refractivity contribution in [3.8, 4) is 11.8 Å². The molecule has 0 aliphatic rings. The molecule has 0 saturated heterocycles. The first-order valence-corrected chi connectivity index (χ1v) is 4.73. The molecule has 0 radical (unpaired) electrons. The lowest BCUT2D eigenvalue weighted by atomic mass is 10.1. The number of aryl methyl sites for hydroxylation is 1. The van der Waals surface area contributed by atoms with Crippen LogP contribution < -0.4 is 0 Å². The lowest BCUT2D eigenvalue weighted by molar-refractivity contribution is 0.169. The van der Waals surface area contributed by atoms with Crippen LogP contribution in [0, 0.1) is 18.8 Å². The highest BCUT2D eigenvalue weighted by Crippen LogP contribution is 2.17. The molecule has 0 spiro atoms. The van der Waals surface area contributed by atoms with Crippen LogP contribution in [-0.4, -0.2) is 10.1 Å². The van der Waals surface area contributed by atoms with Gasteiger partial charge in [-0.15, -0.1) is 11.8 Å². The third-order valence-corrected chi connectivity index (χ3v) is 2.00. The third-order valence-electron chi connectivity index (χ3n) is 2.00. The average Bonchev–Trinajstić information content (AvgIpc) is 2.18. The second kappa shape index (κ2) is 5.41. The molecule has 1 aromatic heterocycles. The molecule has 1 rings (SSSR count). The monoisotopic (exact) mass is 189 g/mol. The predicted molar refractivity (Wildman–Crippen MR) is 56.6 cm³/mol. The Bertz CT molecular complexity index is 349. The largest absolute Gasteiger partial charge is 0.388 e. The smallest absolute Gasteiger partial charge is 0.0814 e. The fraction of sp³-hybridized carbons (Fsp3) is 0.417. The second-order valence-corrected chi connectivity index (χ2v) is 3.28. The zero-order chi connectivity index (χ0) is 10.4. The zero-order valence-corrected chi connectivity index (χ0v) is 8.62. The second-order valence-electron chi connectivity index (χ2n) is 3.28. The summed E-state index contributed by atoms with van der Waals surface area (Å²) in [6.07, 6.45) is 4.44. The molecule has 0 aliphatic carbocycles. The van der Waals surface area contributed by atoms with Crippen LogP contribution in [-0.2, 0) is 0 Å². The molecule has 74 valence electrons. The maximum absolute atomic E-state index is 9.76. The minimum atomic E-state index is -0.441. The number of nitrogens with zero attached hydrogens (tertiary/aromatic N) is 1. The molecule has 0 amide bonds. The van der Waals surface area contributed by atoms with Crippen LogP contribution in [0.25, 0.3) is 0 Å². The van der Waals surface area contributed by atoms with Gasteiger partial charge in [-0.1, -0.05) is 6.07 Å². The summed E-state index contributed by atoms with van der Waals surface area (Å²) in [5, 5.41) is 9.76. The van der Waals surface area contributed by atoms with Gasteiger partial charge in [-0.25, -0.2) is 0 Å². The van der Waals surface area contributed by atoms with Gasteiger partial charge >= 0.3 is 0 Å². The molecule has 0 fully saturated rings. The van der Waals surface area contributed by atoms with E-state index in [-0.39, 0.29) is 0 Å². The quantitative estimate of drug-likeness (QED) is 0.740. The minimum Gasteiger partial charge on any atom is -0.388 e. The van der Waals surface area contributed by atoms with E-state index < -0.39 is 6.10 Å². The zero-order valence-electron chi connectivity index (χ0n) is 8.62. The van der Waals surface area contributed by atoms with E-state index in [4.69, 9.17) is 0 Å². The molecule has 1 N–H and O–H groups in total. The van der Waals surface area contributed by atoms with Crippen LogP contribution in [0.4, 0.5) is 0 Å². The summed E-state index contributed by atoms with van der Waals surface area (Å²) < 4.78 is 0. The van der Waals surface area contributed by atoms with Crippen molar-refractivity contribution < 1.29 is 5.11 Å². The van der Waals surface area contributed by atoms with Crippen LogP contribution in [0.15, 0.2) is 18.5 Å². The number of hydrogen-bond acceptors (Lipinski definition) is 2. The average molecular weight is 189 g/mol. The Hall–Kier alpha value is -1.33. The summed E-state index contributed by atoms with van der Waals surface area (Å²) in [5.41, 5.74) is 1.95. The number of aromatic nitrogens is 1. The number of aliphatic hydroxyl groups excluding tert-OH is 1. The normalized spacial score (nSPS) is 11.6. The van der Waals surface area contributed by atoms with E-state index in [0.29, 0.717) is 6.42 Å². The standard InChI is InChI=1S/C12H15NO/c1-3-4-5-6-12(14)11-7-10(2)8-13-9-11/h7-9,12,14H,5-6H2,1-2H3. The van der Waals surface area contributed by atoms with E-state index in [2.05, 4.69) is 16.8 Å². The number of hydrogen-bond donors (Lipinski definition) is 1. The molecular formula is C12H15NO. The molecule has 0 bridgehead atoms. The lowest BCUT2D eigenvalue weighted by Crippen LogP contribution is -1.98. The SMILES string of the molecule is CC#CCCC(O)c1cncc(C)c1. The fourth-order valence-electron chi connectivity index (χ4n) is 1.26. The molecule has 2 nitrogen and oxygen atoms in total. The summed E-state index contributed by atoms with van der Waals surface area (Å²) in [7, 11) is 0. The molecule has 1 heterocycles. The summed E-state index contributed by atoms with van der Waals surface area (Å²) in [5.74, 6) is 5.74. The Balaban J connectivity index is 2.58. The summed E-state index contributed by atoms with van der Waals surface area (Å²) in [4.78, 5) is 4.04. The van der Waals surface area contributed by atoms with Crippen LogP contribution in [0.1, 0.15) is 37.0 Å². The Morgan fingerprint density at radius 1 is 1.50 bits per heavy atom. The van der Waals surface area contributed by atoms with E-state index in [1.54, 1.807) is 19.3 Å². The van der Waals surface area contributed by atoms with Gasteiger partial charge in [-0.3, -0.25) is 4.98 Å². The van der Waals surface area contributed by atoms with Gasteiger partial charge < -0.3 is 5.11 Å². The third kappa shape index (κ3) is 3.20. The van der Waals surface area contributed by atoms with Crippen molar-refractivity contribution >= 4 is 0 Å². The lowest BCUT2D eigenvalue weighted by Gasteiger charge is -2.08. The van der Waals surface area contributed by atoms with Gasteiger partial charge in [0.1, 0.15) is 0 Å². The van der Waals surface area contributed by atoms with Gasteiger partial charge in [0.15, 0.2) is 0 Å². The maximum atomic E-state index is 9.76. The highest BCUT2D eigenvalue weighted by Gasteiger charge is 2.06. The van der Waals surface area contributed by atoms with Crippen LogP contribution >= 0.6 is 0 Å². The van der Waals surface area contributed by atoms with E-state index in [1.807, 2.05) is 13.0 Å². The fourth-order valence-corrected chi connectivity index (χ4v) is 1.26. The van der Waals surface area contributed by atoms with E-state index in [0.717, 1.165) is 17.5 Å². The molecule has 14 heavy (non-hydrogen) atoms. The molecule has 1 atom stereocenters. The van der Waals surface area contributed by atoms with E-state index >= 15 is 0 Å². The first-order valence-electron chi connectivity index (χ1n) is 4.73. The van der Waals surface area contributed by atoms with Crippen molar-refractivity contribution in [2.24, 2.45) is 0 Å². The number of aliphatic hydroxyl groups is 1. The first kappa shape index (κ1) is 10.7. The van der Waals surface area contributed by atoms with Crippen molar-refractivity contribution in [2.45, 2.75) is 32.8 Å². The van der Waals surface area contributed by atoms with Crippen molar-refractivity contribution in [3.63, 3.8) is 0 Å². The van der Waals surface area contributed by atoms with E-state index in [9.17, 15) is 5.11 Å².